The van der Waals surface area contributed by atoms with Gasteiger partial charge in [-0.1, -0.05) is 24.3 Å². The van der Waals surface area contributed by atoms with Gasteiger partial charge in [-0.3, -0.25) is 9.48 Å². The highest BCUT2D eigenvalue weighted by Crippen LogP contribution is 2.24. The van der Waals surface area contributed by atoms with Crippen LogP contribution < -0.4 is 5.73 Å². The minimum absolute atomic E-state index is 0.262. The smallest absolute Gasteiger partial charge is 0.267 e. The van der Waals surface area contributed by atoms with Crippen molar-refractivity contribution in [3.63, 3.8) is 0 Å². The predicted molar refractivity (Wildman–Crippen MR) is 80.4 cm³/mol. The lowest BCUT2D eigenvalue weighted by Crippen LogP contribution is -2.13. The Morgan fingerprint density at radius 3 is 2.57 bits per heavy atom. The van der Waals surface area contributed by atoms with Crippen LogP contribution in [0.4, 0.5) is 0 Å². The molecule has 0 radical (unpaired) electrons. The van der Waals surface area contributed by atoms with Crippen LogP contribution in [0.15, 0.2) is 54.7 Å². The van der Waals surface area contributed by atoms with Crippen LogP contribution in [0.1, 0.15) is 10.5 Å². The Morgan fingerprint density at radius 1 is 1.10 bits per heavy atom. The van der Waals surface area contributed by atoms with Gasteiger partial charge in [0.15, 0.2) is 0 Å². The molecule has 2 aromatic heterocycles. The first-order valence-corrected chi connectivity index (χ1v) is 6.51. The number of hydrogen-bond donors (Lipinski definition) is 1. The zero-order chi connectivity index (χ0) is 14.8. The summed E-state index contributed by atoms with van der Waals surface area (Å²) >= 11 is 0. The molecule has 0 fully saturated rings. The molecule has 0 aliphatic carbocycles. The molecule has 104 valence electrons. The number of carbonyl (C=O) groups is 1. The average molecular weight is 278 g/mol. The number of hydrogen-bond acceptors (Lipinski definition) is 3. The predicted octanol–water partition coefficient (Wildman–Crippen LogP) is 2.25. The molecule has 0 aliphatic heterocycles. The molecule has 1 amide bonds. The third-order valence-electron chi connectivity index (χ3n) is 3.28. The van der Waals surface area contributed by atoms with E-state index in [4.69, 9.17) is 5.73 Å². The van der Waals surface area contributed by atoms with Gasteiger partial charge in [0.25, 0.3) is 5.91 Å². The Hall–Kier alpha value is -2.95. The highest BCUT2D eigenvalue weighted by Gasteiger charge is 2.07. The van der Waals surface area contributed by atoms with Gasteiger partial charge in [0.1, 0.15) is 5.69 Å². The summed E-state index contributed by atoms with van der Waals surface area (Å²) < 4.78 is 1.81. The maximum atomic E-state index is 11.2. The van der Waals surface area contributed by atoms with E-state index < -0.39 is 5.91 Å². The number of nitrogens with two attached hydrogens (primary N) is 1. The minimum atomic E-state index is -0.528. The molecule has 2 N–H and O–H groups in total. The van der Waals surface area contributed by atoms with Crippen LogP contribution in [-0.2, 0) is 7.05 Å². The van der Waals surface area contributed by atoms with Crippen molar-refractivity contribution in [3.05, 3.63) is 60.4 Å². The molecule has 1 aromatic carbocycles. The fourth-order valence-corrected chi connectivity index (χ4v) is 2.23. The molecule has 0 saturated carbocycles. The molecule has 5 nitrogen and oxygen atoms in total. The number of rotatable bonds is 3. The van der Waals surface area contributed by atoms with Gasteiger partial charge in [0.05, 0.1) is 11.4 Å². The quantitative estimate of drug-likeness (QED) is 0.798. The Morgan fingerprint density at radius 2 is 1.86 bits per heavy atom. The van der Waals surface area contributed by atoms with Crippen molar-refractivity contribution < 1.29 is 4.79 Å². The summed E-state index contributed by atoms with van der Waals surface area (Å²) in [6, 6.07) is 15.1. The highest BCUT2D eigenvalue weighted by molar-refractivity contribution is 5.91. The van der Waals surface area contributed by atoms with Gasteiger partial charge in [-0.25, -0.2) is 4.98 Å². The van der Waals surface area contributed by atoms with Gasteiger partial charge < -0.3 is 5.73 Å². The molecule has 0 bridgehead atoms. The van der Waals surface area contributed by atoms with Crippen LogP contribution >= 0.6 is 0 Å². The molecular formula is C16H14N4O. The fourth-order valence-electron chi connectivity index (χ4n) is 2.23. The number of primary amides is 1. The third-order valence-corrected chi connectivity index (χ3v) is 3.28. The summed E-state index contributed by atoms with van der Waals surface area (Å²) in [6.07, 6.45) is 1.76. The lowest BCUT2D eigenvalue weighted by molar-refractivity contribution is 0.0995. The fraction of sp³-hybridized carbons (Fsp3) is 0.0625. The van der Waals surface area contributed by atoms with Crippen LogP contribution in [0, 0.1) is 0 Å². The van der Waals surface area contributed by atoms with E-state index >= 15 is 0 Å². The number of carbonyl (C=O) groups excluding carboxylic acids is 1. The number of aromatic nitrogens is 3. The Kier molecular flexibility index (Phi) is 3.23. The van der Waals surface area contributed by atoms with E-state index in [1.54, 1.807) is 18.3 Å². The summed E-state index contributed by atoms with van der Waals surface area (Å²) in [4.78, 5) is 15.5. The topological polar surface area (TPSA) is 73.8 Å². The monoisotopic (exact) mass is 278 g/mol. The number of benzene rings is 1. The third kappa shape index (κ3) is 2.53. The van der Waals surface area contributed by atoms with E-state index in [2.05, 4.69) is 10.1 Å². The van der Waals surface area contributed by atoms with Gasteiger partial charge in [0, 0.05) is 24.4 Å². The van der Waals surface area contributed by atoms with Crippen molar-refractivity contribution in [2.45, 2.75) is 0 Å². The van der Waals surface area contributed by atoms with Crippen molar-refractivity contribution in [1.29, 1.82) is 0 Å². The van der Waals surface area contributed by atoms with Gasteiger partial charge in [-0.2, -0.15) is 5.10 Å². The molecular weight excluding hydrogens is 264 g/mol. The van der Waals surface area contributed by atoms with E-state index in [-0.39, 0.29) is 5.69 Å². The van der Waals surface area contributed by atoms with Crippen molar-refractivity contribution in [2.24, 2.45) is 12.8 Å². The lowest BCUT2D eigenvalue weighted by atomic mass is 10.1. The van der Waals surface area contributed by atoms with Crippen molar-refractivity contribution in [3.8, 4) is 22.5 Å². The molecule has 0 unspecified atom stereocenters. The first-order chi connectivity index (χ1) is 10.1. The van der Waals surface area contributed by atoms with Crippen LogP contribution in [0.25, 0.3) is 22.5 Å². The minimum Gasteiger partial charge on any atom is -0.364 e. The Balaban J connectivity index is 2.06. The maximum absolute atomic E-state index is 11.2. The van der Waals surface area contributed by atoms with Crippen LogP contribution in [0.5, 0.6) is 0 Å². The molecule has 2 heterocycles. The molecule has 3 aromatic rings. The van der Waals surface area contributed by atoms with Gasteiger partial charge in [-0.05, 0) is 24.3 Å². The van der Waals surface area contributed by atoms with Gasteiger partial charge >= 0.3 is 0 Å². The summed E-state index contributed by atoms with van der Waals surface area (Å²) in [5, 5.41) is 4.17. The summed E-state index contributed by atoms with van der Waals surface area (Å²) in [6.45, 7) is 0. The molecule has 3 rings (SSSR count). The molecule has 0 spiro atoms. The second kappa shape index (κ2) is 5.20. The largest absolute Gasteiger partial charge is 0.364 e. The Labute approximate surface area is 122 Å². The normalized spacial score (nSPS) is 10.5. The molecule has 0 atom stereocenters. The van der Waals surface area contributed by atoms with Crippen molar-refractivity contribution in [1.82, 2.24) is 14.8 Å². The van der Waals surface area contributed by atoms with Crippen LogP contribution in [0.2, 0.25) is 0 Å². The zero-order valence-corrected chi connectivity index (χ0v) is 11.5. The standard InChI is InChI=1S/C16H14N4O/c1-20-15(8-9-18-20)12-5-2-4-11(10-12)13-6-3-7-14(19-13)16(17)21/h2-10H,1H3,(H2,17,21). The molecule has 0 saturated heterocycles. The first kappa shape index (κ1) is 13.1. The van der Waals surface area contributed by atoms with Crippen molar-refractivity contribution in [2.75, 3.05) is 0 Å². The van der Waals surface area contributed by atoms with E-state index in [0.29, 0.717) is 0 Å². The van der Waals surface area contributed by atoms with Gasteiger partial charge in [-0.15, -0.1) is 0 Å². The average Bonchev–Trinajstić information content (AvgIpc) is 2.94. The molecule has 5 heteroatoms. The van der Waals surface area contributed by atoms with E-state index in [0.717, 1.165) is 22.5 Å². The number of pyridine rings is 1. The molecule has 0 aliphatic rings. The number of amides is 1. The summed E-state index contributed by atoms with van der Waals surface area (Å²) in [7, 11) is 1.90. The SMILES string of the molecule is Cn1nccc1-c1cccc(-c2cccc(C(N)=O)n2)c1. The first-order valence-electron chi connectivity index (χ1n) is 6.51. The highest BCUT2D eigenvalue weighted by atomic mass is 16.1. The second-order valence-corrected chi connectivity index (χ2v) is 4.69. The van der Waals surface area contributed by atoms with E-state index in [9.17, 15) is 4.79 Å². The second-order valence-electron chi connectivity index (χ2n) is 4.69. The van der Waals surface area contributed by atoms with Gasteiger partial charge in [0.2, 0.25) is 0 Å². The summed E-state index contributed by atoms with van der Waals surface area (Å²) in [5.74, 6) is -0.528. The van der Waals surface area contributed by atoms with Crippen LogP contribution in [0.3, 0.4) is 0 Å². The summed E-state index contributed by atoms with van der Waals surface area (Å²) in [5.41, 5.74) is 9.24. The maximum Gasteiger partial charge on any atom is 0.267 e. The zero-order valence-electron chi connectivity index (χ0n) is 11.5. The Bertz CT molecular complexity index is 807. The van der Waals surface area contributed by atoms with Crippen molar-refractivity contribution >= 4 is 5.91 Å². The number of nitrogens with zero attached hydrogens (tertiary/aromatic N) is 3. The van der Waals surface area contributed by atoms with E-state index in [1.165, 1.54) is 0 Å². The molecule has 21 heavy (non-hydrogen) atoms. The van der Waals surface area contributed by atoms with E-state index in [1.807, 2.05) is 48.1 Å². The van der Waals surface area contributed by atoms with Crippen LogP contribution in [-0.4, -0.2) is 20.7 Å². The number of aryl methyl sites for hydroxylation is 1. The lowest BCUT2D eigenvalue weighted by Gasteiger charge is -2.06.